The number of benzene rings is 1. The molecule has 1 aliphatic rings. The quantitative estimate of drug-likeness (QED) is 0.738. The Morgan fingerprint density at radius 2 is 1.97 bits per heavy atom. The summed E-state index contributed by atoms with van der Waals surface area (Å²) in [7, 11) is 4.92. The Labute approximate surface area is 188 Å². The largest absolute Gasteiger partial charge is 0.494 e. The summed E-state index contributed by atoms with van der Waals surface area (Å²) in [6, 6.07) is 4.12. The highest BCUT2D eigenvalue weighted by Crippen LogP contribution is 2.32. The minimum atomic E-state index is -0.752. The Morgan fingerprint density at radius 3 is 2.59 bits per heavy atom. The number of aromatic nitrogens is 2. The van der Waals surface area contributed by atoms with Crippen molar-refractivity contribution in [3.8, 4) is 17.1 Å². The zero-order valence-electron chi connectivity index (χ0n) is 19.6. The van der Waals surface area contributed by atoms with Crippen molar-refractivity contribution in [3.63, 3.8) is 0 Å². The number of carbonyl (C=O) groups excluding carboxylic acids is 2. The minimum Gasteiger partial charge on any atom is -0.494 e. The van der Waals surface area contributed by atoms with E-state index < -0.39 is 23.2 Å². The van der Waals surface area contributed by atoms with Crippen LogP contribution in [0.1, 0.15) is 43.4 Å². The first-order chi connectivity index (χ1) is 15.1. The van der Waals surface area contributed by atoms with Gasteiger partial charge in [0.2, 0.25) is 5.91 Å². The number of ether oxygens (including phenoxy) is 1. The van der Waals surface area contributed by atoms with Crippen molar-refractivity contribution < 1.29 is 18.7 Å². The third-order valence-corrected chi connectivity index (χ3v) is 5.70. The Morgan fingerprint density at radius 1 is 1.25 bits per heavy atom. The average Bonchev–Trinajstić information content (AvgIpc) is 2.96. The molecular weight excluding hydrogens is 413 g/mol. The van der Waals surface area contributed by atoms with Gasteiger partial charge < -0.3 is 24.8 Å². The number of imidazole rings is 1. The van der Waals surface area contributed by atoms with E-state index in [-0.39, 0.29) is 22.9 Å². The standard InChI is InChI=1S/C23H32FN5O3/c1-23(2,3)19(22(31)25-4)27-21(30)18-15-13-28(5)11-8-12-29(15)20(26-18)14-9-7-10-16(32-6)17(14)24/h7,9-10,19H,8,11-13H2,1-6H3,(H,25,31)(H,27,30). The second-order valence-electron chi connectivity index (χ2n) is 9.18. The van der Waals surface area contributed by atoms with Crippen LogP contribution in [0.15, 0.2) is 18.2 Å². The van der Waals surface area contributed by atoms with E-state index in [0.717, 1.165) is 13.0 Å². The van der Waals surface area contributed by atoms with E-state index in [1.54, 1.807) is 18.2 Å². The normalized spacial score (nSPS) is 15.5. The summed E-state index contributed by atoms with van der Waals surface area (Å²) in [5.74, 6) is -0.771. The van der Waals surface area contributed by atoms with Gasteiger partial charge in [0.1, 0.15) is 11.9 Å². The van der Waals surface area contributed by atoms with Crippen molar-refractivity contribution >= 4 is 11.8 Å². The van der Waals surface area contributed by atoms with E-state index in [9.17, 15) is 9.59 Å². The summed E-state index contributed by atoms with van der Waals surface area (Å²) in [5.41, 5.74) is 0.664. The van der Waals surface area contributed by atoms with Gasteiger partial charge in [-0.05, 0) is 37.6 Å². The number of rotatable bonds is 5. The van der Waals surface area contributed by atoms with Crippen molar-refractivity contribution in [1.29, 1.82) is 0 Å². The molecule has 2 aromatic rings. The van der Waals surface area contributed by atoms with Gasteiger partial charge in [-0.25, -0.2) is 9.37 Å². The highest BCUT2D eigenvalue weighted by Gasteiger charge is 2.35. The second-order valence-corrected chi connectivity index (χ2v) is 9.18. The van der Waals surface area contributed by atoms with E-state index >= 15 is 4.39 Å². The van der Waals surface area contributed by atoms with Crippen LogP contribution in [0.4, 0.5) is 4.39 Å². The summed E-state index contributed by atoms with van der Waals surface area (Å²) in [4.78, 5) is 32.5. The van der Waals surface area contributed by atoms with Crippen molar-refractivity contribution in [3.05, 3.63) is 35.4 Å². The zero-order chi connectivity index (χ0) is 23.6. The first kappa shape index (κ1) is 23.7. The van der Waals surface area contributed by atoms with E-state index in [2.05, 4.69) is 20.5 Å². The molecule has 2 N–H and O–H groups in total. The molecule has 9 heteroatoms. The molecular formula is C23H32FN5O3. The first-order valence-corrected chi connectivity index (χ1v) is 10.7. The molecule has 0 saturated heterocycles. The van der Waals surface area contributed by atoms with Gasteiger partial charge in [0.25, 0.3) is 5.91 Å². The SMILES string of the molecule is CNC(=O)C(NC(=O)c1nc(-c2cccc(OC)c2F)n2c1CN(C)CCC2)C(C)(C)C. The lowest BCUT2D eigenvalue weighted by Gasteiger charge is -2.29. The van der Waals surface area contributed by atoms with Crippen molar-refractivity contribution in [2.75, 3.05) is 27.7 Å². The van der Waals surface area contributed by atoms with Gasteiger partial charge in [-0.3, -0.25) is 9.59 Å². The van der Waals surface area contributed by atoms with Crippen LogP contribution in [0.3, 0.4) is 0 Å². The lowest BCUT2D eigenvalue weighted by Crippen LogP contribution is -2.53. The molecule has 32 heavy (non-hydrogen) atoms. The lowest BCUT2D eigenvalue weighted by molar-refractivity contribution is -0.124. The molecule has 1 aromatic heterocycles. The summed E-state index contributed by atoms with van der Waals surface area (Å²) >= 11 is 0. The predicted octanol–water partition coefficient (Wildman–Crippen LogP) is 2.42. The molecule has 0 aliphatic carbocycles. The number of methoxy groups -OCH3 is 1. The van der Waals surface area contributed by atoms with Crippen LogP contribution in [0.5, 0.6) is 5.75 Å². The van der Waals surface area contributed by atoms with Crippen LogP contribution in [0.25, 0.3) is 11.4 Å². The third-order valence-electron chi connectivity index (χ3n) is 5.70. The molecule has 1 aliphatic heterocycles. The number of likely N-dealkylation sites (N-methyl/N-ethyl adjacent to an activating group) is 1. The van der Waals surface area contributed by atoms with E-state index in [1.165, 1.54) is 14.2 Å². The van der Waals surface area contributed by atoms with E-state index in [0.29, 0.717) is 24.6 Å². The number of nitrogens with zero attached hydrogens (tertiary/aromatic N) is 3. The van der Waals surface area contributed by atoms with Crippen molar-refractivity contribution in [2.45, 2.75) is 46.3 Å². The zero-order valence-corrected chi connectivity index (χ0v) is 19.6. The number of halogens is 1. The Bertz CT molecular complexity index is 1010. The molecule has 3 rings (SSSR count). The molecule has 0 saturated carbocycles. The van der Waals surface area contributed by atoms with Crippen LogP contribution >= 0.6 is 0 Å². The van der Waals surface area contributed by atoms with Gasteiger partial charge in [-0.2, -0.15) is 0 Å². The monoisotopic (exact) mass is 445 g/mol. The number of carbonyl (C=O) groups is 2. The summed E-state index contributed by atoms with van der Waals surface area (Å²) in [6.45, 7) is 7.57. The summed E-state index contributed by atoms with van der Waals surface area (Å²) < 4.78 is 22.1. The van der Waals surface area contributed by atoms with Gasteiger partial charge >= 0.3 is 0 Å². The number of hydrogen-bond acceptors (Lipinski definition) is 5. The first-order valence-electron chi connectivity index (χ1n) is 10.7. The van der Waals surface area contributed by atoms with E-state index in [4.69, 9.17) is 4.74 Å². The number of nitrogens with one attached hydrogen (secondary N) is 2. The second kappa shape index (κ2) is 9.28. The van der Waals surface area contributed by atoms with Crippen molar-refractivity contribution in [2.24, 2.45) is 5.41 Å². The summed E-state index contributed by atoms with van der Waals surface area (Å²) in [6.07, 6.45) is 0.836. The van der Waals surface area contributed by atoms with Gasteiger partial charge in [-0.15, -0.1) is 0 Å². The highest BCUT2D eigenvalue weighted by molar-refractivity contribution is 5.98. The molecule has 174 valence electrons. The van der Waals surface area contributed by atoms with Crippen LogP contribution in [0.2, 0.25) is 0 Å². The molecule has 0 fully saturated rings. The maximum absolute atomic E-state index is 15.1. The third kappa shape index (κ3) is 4.62. The van der Waals surface area contributed by atoms with Gasteiger partial charge in [0, 0.05) is 20.1 Å². The molecule has 0 radical (unpaired) electrons. The molecule has 8 nitrogen and oxygen atoms in total. The molecule has 1 aromatic carbocycles. The fraction of sp³-hybridized carbons (Fsp3) is 0.522. The maximum atomic E-state index is 15.1. The topological polar surface area (TPSA) is 88.5 Å². The van der Waals surface area contributed by atoms with Crippen molar-refractivity contribution in [1.82, 2.24) is 25.1 Å². The molecule has 1 unspecified atom stereocenters. The van der Waals surface area contributed by atoms with Gasteiger partial charge in [-0.1, -0.05) is 26.8 Å². The summed E-state index contributed by atoms with van der Waals surface area (Å²) in [5, 5.41) is 5.46. The highest BCUT2D eigenvalue weighted by atomic mass is 19.1. The van der Waals surface area contributed by atoms with E-state index in [1.807, 2.05) is 32.4 Å². The Hall–Kier alpha value is -2.94. The number of amides is 2. The minimum absolute atomic E-state index is 0.115. The average molecular weight is 446 g/mol. The predicted molar refractivity (Wildman–Crippen MR) is 120 cm³/mol. The van der Waals surface area contributed by atoms with Gasteiger partial charge in [0.05, 0.1) is 18.4 Å². The number of hydrogen-bond donors (Lipinski definition) is 2. The van der Waals surface area contributed by atoms with Gasteiger partial charge in [0.15, 0.2) is 17.3 Å². The van der Waals surface area contributed by atoms with Crippen LogP contribution in [-0.2, 0) is 17.9 Å². The maximum Gasteiger partial charge on any atom is 0.272 e. The molecule has 0 bridgehead atoms. The molecule has 1 atom stereocenters. The smallest absolute Gasteiger partial charge is 0.272 e. The Balaban J connectivity index is 2.11. The lowest BCUT2D eigenvalue weighted by atomic mass is 9.86. The molecule has 0 spiro atoms. The molecule has 2 amide bonds. The molecule has 2 heterocycles. The number of fused-ring (bicyclic) bond motifs is 1. The van der Waals surface area contributed by atoms with Crippen LogP contribution in [-0.4, -0.2) is 60.1 Å². The fourth-order valence-electron chi connectivity index (χ4n) is 3.97. The van der Waals surface area contributed by atoms with Crippen LogP contribution < -0.4 is 15.4 Å². The Kier molecular flexibility index (Phi) is 6.88. The fourth-order valence-corrected chi connectivity index (χ4v) is 3.97. The van der Waals surface area contributed by atoms with Crippen LogP contribution in [0, 0.1) is 11.2 Å².